The summed E-state index contributed by atoms with van der Waals surface area (Å²) in [4.78, 5) is 20.9. The third-order valence-corrected chi connectivity index (χ3v) is 64.7. The van der Waals surface area contributed by atoms with Crippen molar-refractivity contribution in [2.75, 3.05) is 52.9 Å². The van der Waals surface area contributed by atoms with Crippen LogP contribution in [0.25, 0.3) is 46.4 Å². The van der Waals surface area contributed by atoms with E-state index in [1.165, 1.54) is 22.3 Å². The summed E-state index contributed by atoms with van der Waals surface area (Å²) in [7, 11) is -17.3. The van der Waals surface area contributed by atoms with Gasteiger partial charge in [-0.05, 0) is 269 Å². The molecule has 0 fully saturated rings. The molecule has 0 saturated carbocycles. The molecule has 3 aromatic rings. The Labute approximate surface area is 672 Å². The molecule has 0 aliphatic carbocycles. The van der Waals surface area contributed by atoms with Crippen LogP contribution < -0.4 is 0 Å². The lowest BCUT2D eigenvalue weighted by molar-refractivity contribution is 0.241. The fraction of sp³-hybridized carbons (Fsp3) is 0.773. The Morgan fingerprint density at radius 3 is 0.463 bits per heavy atom. The van der Waals surface area contributed by atoms with Crippen molar-refractivity contribution in [3.05, 3.63) is 69.3 Å². The molecule has 2 aliphatic rings. The van der Waals surface area contributed by atoms with Crippen LogP contribution in [0.3, 0.4) is 0 Å². The molecular formula is C88H166N4O8Si8. The molecule has 618 valence electrons. The summed E-state index contributed by atoms with van der Waals surface area (Å²) in [5.41, 5.74) is 12.9. The molecule has 0 amide bonds. The van der Waals surface area contributed by atoms with Crippen LogP contribution in [0.15, 0.2) is 24.3 Å². The summed E-state index contributed by atoms with van der Waals surface area (Å²) >= 11 is 0. The minimum atomic E-state index is -2.17. The first-order valence-electron chi connectivity index (χ1n) is 41.9. The van der Waals surface area contributed by atoms with Crippen molar-refractivity contribution >= 4 is 113 Å². The maximum Gasteiger partial charge on any atom is 0.191 e. The second-order valence-electron chi connectivity index (χ2n) is 44.6. The van der Waals surface area contributed by atoms with E-state index in [0.717, 1.165) is 96.2 Å². The molecule has 3 aromatic heterocycles. The van der Waals surface area contributed by atoms with E-state index >= 15 is 0 Å². The first-order valence-corrected chi connectivity index (χ1v) is 65.2. The zero-order valence-corrected chi connectivity index (χ0v) is 85.4. The van der Waals surface area contributed by atoms with Gasteiger partial charge >= 0.3 is 0 Å². The maximum atomic E-state index is 7.26. The monoisotopic (exact) mass is 1630 g/mol. The molecule has 5 heterocycles. The van der Waals surface area contributed by atoms with Crippen molar-refractivity contribution in [1.29, 1.82) is 0 Å². The Morgan fingerprint density at radius 2 is 0.352 bits per heavy atom. The molecule has 2 aliphatic heterocycles. The second-order valence-corrected chi connectivity index (χ2v) is 83.1. The van der Waals surface area contributed by atoms with Gasteiger partial charge in [0.1, 0.15) is 0 Å². The van der Waals surface area contributed by atoms with Gasteiger partial charge in [-0.3, -0.25) is 0 Å². The smallest absolute Gasteiger partial charge is 0.191 e. The highest BCUT2D eigenvalue weighted by atomic mass is 28.4. The molecule has 20 heteroatoms. The summed E-state index contributed by atoms with van der Waals surface area (Å²) in [6.07, 6.45) is 15.8. The Kier molecular flexibility index (Phi) is 32.1. The number of H-pyrrole nitrogens is 2. The Hall–Kier alpha value is -1.98. The molecular weight excluding hydrogens is 1470 g/mol. The highest BCUT2D eigenvalue weighted by molar-refractivity contribution is 6.77. The highest BCUT2D eigenvalue weighted by Gasteiger charge is 2.45. The average Bonchev–Trinajstić information content (AvgIpc) is 1.61. The summed E-state index contributed by atoms with van der Waals surface area (Å²) in [6, 6.07) is 9.47. The van der Waals surface area contributed by atoms with Crippen molar-refractivity contribution < 1.29 is 35.4 Å². The average molecular weight is 1630 g/mol. The van der Waals surface area contributed by atoms with E-state index in [0.29, 0.717) is 52.9 Å². The van der Waals surface area contributed by atoms with Crippen LogP contribution >= 0.6 is 0 Å². The quantitative estimate of drug-likeness (QED) is 0.0374. The fourth-order valence-electron chi connectivity index (χ4n) is 12.1. The van der Waals surface area contributed by atoms with E-state index in [1.54, 1.807) is 0 Å². The Morgan fingerprint density at radius 1 is 0.231 bits per heavy atom. The number of hydrogen-bond acceptors (Lipinski definition) is 10. The van der Waals surface area contributed by atoms with Crippen LogP contribution in [0.2, 0.25) is 145 Å². The predicted octanol–water partition coefficient (Wildman–Crippen LogP) is 28.3. The molecule has 5 rings (SSSR count). The number of rotatable bonds is 36. The topological polar surface area (TPSA) is 131 Å². The summed E-state index contributed by atoms with van der Waals surface area (Å²) in [6.45, 7) is 99.7. The largest absolute Gasteiger partial charge is 0.417 e. The molecule has 0 atom stereocenters. The minimum Gasteiger partial charge on any atom is -0.417 e. The summed E-state index contributed by atoms with van der Waals surface area (Å²) in [5, 5.41) is 0.381. The van der Waals surface area contributed by atoms with Gasteiger partial charge in [-0.15, -0.1) is 0 Å². The maximum absolute atomic E-state index is 7.26. The van der Waals surface area contributed by atoms with Gasteiger partial charge in [0.2, 0.25) is 0 Å². The standard InChI is InChI=1S/C88H166N4O8Si8/c1-81(2,3)101(25,26)93-57-49-65(50-58-94-102(27,28)82(4,5)6)77-69-41-43-71(89-69)78(66(51-59-95-103(29,30)83(7,8)9)52-60-96-104(31,32)84(10,11)12)73-45-47-75(91-73)80(68(55-63-99-107(37,38)87(19,20)21)56-64-100-108(39,40)88(22,23)24)76-48-46-74(92-76)79(72-44-42-70(77)90-72)67(53-61-97-105(33,34)85(13,14)15)54-62-98-106(35,36)86(16,17)18/h41-48,65-68,89,92H,49-64H2,1-40H3. The third-order valence-electron chi connectivity index (χ3n) is 28.4. The summed E-state index contributed by atoms with van der Waals surface area (Å²) in [5.74, 6) is 0.0340. The van der Waals surface area contributed by atoms with Crippen LogP contribution in [0.4, 0.5) is 0 Å². The van der Waals surface area contributed by atoms with Gasteiger partial charge in [0.15, 0.2) is 66.5 Å². The molecule has 0 radical (unpaired) electrons. The van der Waals surface area contributed by atoms with E-state index in [9.17, 15) is 0 Å². The van der Waals surface area contributed by atoms with Gasteiger partial charge in [0, 0.05) is 97.2 Å². The number of fused-ring (bicyclic) bond motifs is 8. The summed E-state index contributed by atoms with van der Waals surface area (Å²) < 4.78 is 58.1. The molecule has 2 N–H and O–H groups in total. The number of nitrogens with one attached hydrogen (secondary N) is 2. The van der Waals surface area contributed by atoms with Crippen LogP contribution in [-0.2, 0) is 35.4 Å². The molecule has 12 nitrogen and oxygen atoms in total. The van der Waals surface area contributed by atoms with Gasteiger partial charge in [-0.25, -0.2) is 9.97 Å². The van der Waals surface area contributed by atoms with E-state index in [2.05, 4.69) is 329 Å². The van der Waals surface area contributed by atoms with Crippen LogP contribution in [0, 0.1) is 0 Å². The first kappa shape index (κ1) is 96.6. The minimum absolute atomic E-state index is 0.00851. The van der Waals surface area contributed by atoms with Crippen LogP contribution in [-0.4, -0.2) is 139 Å². The van der Waals surface area contributed by atoms with E-state index in [1.807, 2.05) is 0 Å². The van der Waals surface area contributed by atoms with Gasteiger partial charge < -0.3 is 45.4 Å². The van der Waals surface area contributed by atoms with Crippen molar-refractivity contribution in [3.63, 3.8) is 0 Å². The highest BCUT2D eigenvalue weighted by Crippen LogP contribution is 2.48. The van der Waals surface area contributed by atoms with Crippen LogP contribution in [0.1, 0.15) is 286 Å². The molecule has 0 unspecified atom stereocenters. The zero-order valence-electron chi connectivity index (χ0n) is 77.4. The van der Waals surface area contributed by atoms with Gasteiger partial charge in [0.25, 0.3) is 0 Å². The molecule has 0 aromatic carbocycles. The van der Waals surface area contributed by atoms with Crippen molar-refractivity contribution in [3.8, 4) is 0 Å². The zero-order chi connectivity index (χ0) is 82.7. The number of hydrogen-bond donors (Lipinski definition) is 2. The van der Waals surface area contributed by atoms with Crippen molar-refractivity contribution in [2.45, 2.75) is 386 Å². The Bertz CT molecular complexity index is 3070. The lowest BCUT2D eigenvalue weighted by Gasteiger charge is -2.37. The van der Waals surface area contributed by atoms with Crippen molar-refractivity contribution in [1.82, 2.24) is 19.9 Å². The number of nitrogens with zero attached hydrogens (tertiary/aromatic N) is 2. The predicted molar refractivity (Wildman–Crippen MR) is 492 cm³/mol. The molecule has 0 spiro atoms. The Balaban J connectivity index is 2.16. The van der Waals surface area contributed by atoms with Gasteiger partial charge in [-0.2, -0.15) is 0 Å². The second kappa shape index (κ2) is 35.9. The first-order chi connectivity index (χ1) is 48.6. The molecule has 0 saturated heterocycles. The van der Waals surface area contributed by atoms with Gasteiger partial charge in [0.05, 0.1) is 22.8 Å². The van der Waals surface area contributed by atoms with E-state index < -0.39 is 66.5 Å². The molecule has 8 bridgehead atoms. The number of aromatic amines is 2. The normalized spacial score (nSPS) is 15.1. The van der Waals surface area contributed by atoms with Crippen molar-refractivity contribution in [2.24, 2.45) is 0 Å². The fourth-order valence-corrected chi connectivity index (χ4v) is 20.6. The third kappa shape index (κ3) is 25.0. The van der Waals surface area contributed by atoms with Crippen LogP contribution in [0.5, 0.6) is 0 Å². The van der Waals surface area contributed by atoms with E-state index in [-0.39, 0.29) is 64.0 Å². The lowest BCUT2D eigenvalue weighted by Crippen LogP contribution is -2.41. The van der Waals surface area contributed by atoms with E-state index in [4.69, 9.17) is 45.4 Å². The number of aromatic nitrogens is 4. The lowest BCUT2D eigenvalue weighted by atomic mass is 9.91. The molecule has 108 heavy (non-hydrogen) atoms. The SMILES string of the molecule is CC(C)(C)[Si](C)(C)OCCC(CCO[Si](C)(C)C(C)(C)C)c1c2nc(c(C(CCO[Si](C)(C)C(C)(C)C)CCO[Si](C)(C)C(C)(C)C)c3ccc([nH]3)c(C(CCO[Si](C)(C)C(C)(C)C)CCO[Si](C)(C)C(C)(C)C)c3nc(c(C(CCO[Si](C)(C)C(C)(C)C)CCO[Si](C)(C)C(C)(C)C)c4ccc1[nH]4)C=C3)C=C2. The van der Waals surface area contributed by atoms with Gasteiger partial charge in [-0.1, -0.05) is 166 Å².